The van der Waals surface area contributed by atoms with E-state index in [1.165, 1.54) is 14.0 Å². The van der Waals surface area contributed by atoms with Gasteiger partial charge in [-0.1, -0.05) is 0 Å². The lowest BCUT2D eigenvalue weighted by molar-refractivity contribution is -0.161. The molecule has 0 aromatic rings. The zero-order chi connectivity index (χ0) is 16.0. The maximum absolute atomic E-state index is 12.0. The molecule has 1 saturated carbocycles. The van der Waals surface area contributed by atoms with Crippen LogP contribution < -0.4 is 0 Å². The third-order valence-corrected chi connectivity index (χ3v) is 4.69. The first-order valence-electron chi connectivity index (χ1n) is 7.36. The van der Waals surface area contributed by atoms with Gasteiger partial charge in [0.2, 0.25) is 0 Å². The van der Waals surface area contributed by atoms with Crippen LogP contribution in [0.15, 0.2) is 0 Å². The van der Waals surface area contributed by atoms with Gasteiger partial charge in [-0.15, -0.1) is 0 Å². The third kappa shape index (κ3) is 2.28. The lowest BCUT2D eigenvalue weighted by atomic mass is 9.78. The van der Waals surface area contributed by atoms with Crippen molar-refractivity contribution >= 4 is 23.3 Å². The molecule has 7 heteroatoms. The third-order valence-electron chi connectivity index (χ3n) is 4.69. The second-order valence-corrected chi connectivity index (χ2v) is 6.08. The van der Waals surface area contributed by atoms with E-state index in [-0.39, 0.29) is 36.6 Å². The van der Waals surface area contributed by atoms with Crippen molar-refractivity contribution in [2.45, 2.75) is 50.6 Å². The summed E-state index contributed by atoms with van der Waals surface area (Å²) in [6.07, 6.45) is -2.40. The molecular formula is C15H18O7. The number of hydrogen-bond acceptors (Lipinski definition) is 7. The van der Waals surface area contributed by atoms with Crippen LogP contribution in [0, 0.1) is 11.8 Å². The van der Waals surface area contributed by atoms with Crippen molar-refractivity contribution in [1.82, 2.24) is 0 Å². The molecule has 0 aromatic carbocycles. The summed E-state index contributed by atoms with van der Waals surface area (Å²) in [6.45, 7) is 1.40. The molecule has 2 saturated heterocycles. The first-order valence-corrected chi connectivity index (χ1v) is 7.36. The van der Waals surface area contributed by atoms with Crippen molar-refractivity contribution in [3.8, 4) is 0 Å². The number of ketones is 3. The van der Waals surface area contributed by atoms with Gasteiger partial charge in [-0.05, 0) is 6.92 Å². The van der Waals surface area contributed by atoms with E-state index in [0.717, 1.165) is 0 Å². The van der Waals surface area contributed by atoms with Crippen LogP contribution in [-0.2, 0) is 33.4 Å². The van der Waals surface area contributed by atoms with Crippen LogP contribution >= 0.6 is 0 Å². The van der Waals surface area contributed by atoms with Gasteiger partial charge in [0.05, 0.1) is 30.8 Å². The Balaban J connectivity index is 1.73. The minimum Gasteiger partial charge on any atom is -0.457 e. The number of carbonyl (C=O) groups excluding carboxylic acids is 4. The number of fused-ring (bicyclic) bond motifs is 5. The predicted octanol–water partition coefficient (Wildman–Crippen LogP) is -0.162. The molecule has 3 aliphatic rings. The molecule has 6 atom stereocenters. The molecule has 2 unspecified atom stereocenters. The zero-order valence-corrected chi connectivity index (χ0v) is 12.4. The van der Waals surface area contributed by atoms with Gasteiger partial charge in [0.15, 0.2) is 6.10 Å². The van der Waals surface area contributed by atoms with Crippen molar-refractivity contribution in [3.05, 3.63) is 0 Å². The molecule has 1 aliphatic carbocycles. The molecule has 7 nitrogen and oxygen atoms in total. The van der Waals surface area contributed by atoms with Gasteiger partial charge in [0.25, 0.3) is 0 Å². The molecule has 2 aliphatic heterocycles. The summed E-state index contributed by atoms with van der Waals surface area (Å²) in [7, 11) is 1.46. The molecule has 2 heterocycles. The van der Waals surface area contributed by atoms with E-state index < -0.39 is 42.2 Å². The number of methoxy groups -OCH3 is 1. The Hall–Kier alpha value is -1.60. The van der Waals surface area contributed by atoms with Crippen LogP contribution in [0.2, 0.25) is 0 Å². The predicted molar refractivity (Wildman–Crippen MR) is 70.9 cm³/mol. The Bertz CT molecular complexity index is 540. The smallest absolute Gasteiger partial charge is 0.306 e. The highest BCUT2D eigenvalue weighted by atomic mass is 16.6. The molecule has 0 N–H and O–H groups in total. The molecule has 0 radical (unpaired) electrons. The second-order valence-electron chi connectivity index (χ2n) is 6.08. The SMILES string of the molecule is CO[C@H]1C2OC([C@H]1OC(=O)CCC(C)=O)[C@@H]1C(=O)CC(=O)[C@H]21. The standard InChI is InChI=1S/C15H18O7/c1-6(16)3-4-9(19)21-15-13-11-8(18)5-7(17)10(11)12(22-13)14(15)20-2/h10-15H,3-5H2,1-2H3/t10-,11+,12?,13?,14-,15+/m0/s1. The Morgan fingerprint density at radius 2 is 1.68 bits per heavy atom. The van der Waals surface area contributed by atoms with Crippen LogP contribution in [-0.4, -0.2) is 54.8 Å². The topological polar surface area (TPSA) is 96.0 Å². The normalized spacial score (nSPS) is 39.2. The Morgan fingerprint density at radius 1 is 1.09 bits per heavy atom. The lowest BCUT2D eigenvalue weighted by Gasteiger charge is -2.32. The van der Waals surface area contributed by atoms with Crippen LogP contribution in [0.3, 0.4) is 0 Å². The molecule has 120 valence electrons. The fraction of sp³-hybridized carbons (Fsp3) is 0.733. The van der Waals surface area contributed by atoms with Crippen LogP contribution in [0.4, 0.5) is 0 Å². The number of esters is 1. The summed E-state index contributed by atoms with van der Waals surface area (Å²) < 4.78 is 16.4. The van der Waals surface area contributed by atoms with Crippen LogP contribution in [0.5, 0.6) is 0 Å². The van der Waals surface area contributed by atoms with Gasteiger partial charge >= 0.3 is 5.97 Å². The summed E-state index contributed by atoms with van der Waals surface area (Å²) >= 11 is 0. The van der Waals surface area contributed by atoms with E-state index in [9.17, 15) is 19.2 Å². The van der Waals surface area contributed by atoms with E-state index in [1.54, 1.807) is 0 Å². The maximum Gasteiger partial charge on any atom is 0.306 e. The van der Waals surface area contributed by atoms with E-state index in [2.05, 4.69) is 0 Å². The molecule has 3 rings (SSSR count). The number of hydrogen-bond donors (Lipinski definition) is 0. The number of carbonyl (C=O) groups is 4. The molecule has 2 bridgehead atoms. The molecule has 22 heavy (non-hydrogen) atoms. The van der Waals surface area contributed by atoms with E-state index in [1.807, 2.05) is 0 Å². The quantitative estimate of drug-likeness (QED) is 0.514. The fourth-order valence-corrected chi connectivity index (χ4v) is 3.76. The zero-order valence-electron chi connectivity index (χ0n) is 12.4. The van der Waals surface area contributed by atoms with E-state index >= 15 is 0 Å². The first kappa shape index (κ1) is 15.3. The summed E-state index contributed by atoms with van der Waals surface area (Å²) in [5.74, 6) is -1.90. The average Bonchev–Trinajstić information content (AvgIpc) is 3.08. The highest BCUT2D eigenvalue weighted by Gasteiger charge is 2.68. The Kier molecular flexibility index (Phi) is 3.86. The van der Waals surface area contributed by atoms with Crippen LogP contribution in [0.1, 0.15) is 26.2 Å². The summed E-state index contributed by atoms with van der Waals surface area (Å²) in [6, 6.07) is 0. The highest BCUT2D eigenvalue weighted by Crippen LogP contribution is 2.50. The van der Waals surface area contributed by atoms with Gasteiger partial charge in [0.1, 0.15) is 29.6 Å². The summed E-state index contributed by atoms with van der Waals surface area (Å²) in [4.78, 5) is 46.7. The van der Waals surface area contributed by atoms with Crippen molar-refractivity contribution in [2.24, 2.45) is 11.8 Å². The molecule has 0 spiro atoms. The minimum atomic E-state index is -0.703. The molecule has 0 amide bonds. The number of ether oxygens (including phenoxy) is 3. The second kappa shape index (κ2) is 5.55. The van der Waals surface area contributed by atoms with Gasteiger partial charge in [-0.3, -0.25) is 14.4 Å². The van der Waals surface area contributed by atoms with Gasteiger partial charge in [-0.2, -0.15) is 0 Å². The van der Waals surface area contributed by atoms with Gasteiger partial charge in [0, 0.05) is 13.5 Å². The minimum absolute atomic E-state index is 0.0133. The number of Topliss-reactive ketones (excluding diaryl/α,β-unsaturated/α-hetero) is 3. The molecular weight excluding hydrogens is 292 g/mol. The molecule has 0 aromatic heterocycles. The van der Waals surface area contributed by atoms with E-state index in [4.69, 9.17) is 14.2 Å². The van der Waals surface area contributed by atoms with Crippen LogP contribution in [0.25, 0.3) is 0 Å². The highest BCUT2D eigenvalue weighted by molar-refractivity contribution is 6.09. The molecule has 3 fully saturated rings. The summed E-state index contributed by atoms with van der Waals surface area (Å²) in [5.41, 5.74) is 0. The van der Waals surface area contributed by atoms with Crippen molar-refractivity contribution in [1.29, 1.82) is 0 Å². The van der Waals surface area contributed by atoms with E-state index in [0.29, 0.717) is 0 Å². The van der Waals surface area contributed by atoms with Crippen molar-refractivity contribution < 1.29 is 33.4 Å². The largest absolute Gasteiger partial charge is 0.457 e. The van der Waals surface area contributed by atoms with Gasteiger partial charge < -0.3 is 19.0 Å². The Labute approximate surface area is 127 Å². The Morgan fingerprint density at radius 3 is 2.23 bits per heavy atom. The number of rotatable bonds is 5. The average molecular weight is 310 g/mol. The first-order chi connectivity index (χ1) is 10.4. The maximum atomic E-state index is 12.0. The summed E-state index contributed by atoms with van der Waals surface area (Å²) in [5, 5.41) is 0. The van der Waals surface area contributed by atoms with Crippen molar-refractivity contribution in [2.75, 3.05) is 7.11 Å². The monoisotopic (exact) mass is 310 g/mol. The van der Waals surface area contributed by atoms with Gasteiger partial charge in [-0.25, -0.2) is 0 Å². The van der Waals surface area contributed by atoms with Crippen molar-refractivity contribution in [3.63, 3.8) is 0 Å². The fourth-order valence-electron chi connectivity index (χ4n) is 3.76. The lowest BCUT2D eigenvalue weighted by Crippen LogP contribution is -2.50.